The Morgan fingerprint density at radius 2 is 1.95 bits per heavy atom. The van der Waals surface area contributed by atoms with E-state index in [1.165, 1.54) is 0 Å². The lowest BCUT2D eigenvalue weighted by Crippen LogP contribution is -2.25. The van der Waals surface area contributed by atoms with Crippen molar-refractivity contribution < 1.29 is 4.74 Å². The number of nitrogens with one attached hydrogen (secondary N) is 1. The number of aromatic nitrogens is 2. The van der Waals surface area contributed by atoms with Crippen molar-refractivity contribution >= 4 is 11.6 Å². The molecule has 21 heavy (non-hydrogen) atoms. The van der Waals surface area contributed by atoms with Crippen molar-refractivity contribution in [2.75, 3.05) is 13.7 Å². The first-order valence-corrected chi connectivity index (χ1v) is 7.56. The van der Waals surface area contributed by atoms with Gasteiger partial charge in [0.25, 0.3) is 0 Å². The SMILES string of the molecule is CCNC(c1ccc(OC)cc1)c1c(Cl)cnn1C(C)C. The topological polar surface area (TPSA) is 39.1 Å². The second-order valence-corrected chi connectivity index (χ2v) is 5.59. The summed E-state index contributed by atoms with van der Waals surface area (Å²) < 4.78 is 7.19. The molecular formula is C16H22ClN3O. The number of halogens is 1. The second kappa shape index (κ2) is 6.96. The zero-order valence-electron chi connectivity index (χ0n) is 12.9. The Morgan fingerprint density at radius 1 is 1.29 bits per heavy atom. The molecular weight excluding hydrogens is 286 g/mol. The maximum absolute atomic E-state index is 6.38. The molecule has 1 heterocycles. The van der Waals surface area contributed by atoms with E-state index in [0.29, 0.717) is 5.02 Å². The first-order valence-electron chi connectivity index (χ1n) is 7.18. The summed E-state index contributed by atoms with van der Waals surface area (Å²) in [5.41, 5.74) is 2.14. The third-order valence-electron chi connectivity index (χ3n) is 3.41. The summed E-state index contributed by atoms with van der Waals surface area (Å²) in [4.78, 5) is 0. The molecule has 0 radical (unpaired) electrons. The fourth-order valence-corrected chi connectivity index (χ4v) is 2.64. The molecule has 0 bridgehead atoms. The molecule has 0 aliphatic carbocycles. The van der Waals surface area contributed by atoms with E-state index in [9.17, 15) is 0 Å². The molecule has 0 fully saturated rings. The molecule has 1 aromatic carbocycles. The lowest BCUT2D eigenvalue weighted by atomic mass is 10.0. The third-order valence-corrected chi connectivity index (χ3v) is 3.70. The Bertz CT molecular complexity index is 578. The van der Waals surface area contributed by atoms with Gasteiger partial charge in [0.15, 0.2) is 0 Å². The van der Waals surface area contributed by atoms with E-state index in [2.05, 4.69) is 43.3 Å². The summed E-state index contributed by atoms with van der Waals surface area (Å²) in [7, 11) is 1.67. The molecule has 4 nitrogen and oxygen atoms in total. The van der Waals surface area contributed by atoms with Crippen LogP contribution >= 0.6 is 11.6 Å². The van der Waals surface area contributed by atoms with Gasteiger partial charge in [0, 0.05) is 6.04 Å². The predicted molar refractivity (Wildman–Crippen MR) is 86.1 cm³/mol. The number of nitrogens with zero attached hydrogens (tertiary/aromatic N) is 2. The summed E-state index contributed by atoms with van der Waals surface area (Å²) in [6, 6.07) is 8.30. The summed E-state index contributed by atoms with van der Waals surface area (Å²) >= 11 is 6.38. The van der Waals surface area contributed by atoms with Crippen molar-refractivity contribution in [1.82, 2.24) is 15.1 Å². The lowest BCUT2D eigenvalue weighted by molar-refractivity contribution is 0.414. The van der Waals surface area contributed by atoms with Gasteiger partial charge in [0.2, 0.25) is 0 Å². The molecule has 5 heteroatoms. The summed E-state index contributed by atoms with van der Waals surface area (Å²) in [5, 5.41) is 8.57. The minimum Gasteiger partial charge on any atom is -0.497 e. The first-order chi connectivity index (χ1) is 10.1. The van der Waals surface area contributed by atoms with Gasteiger partial charge >= 0.3 is 0 Å². The number of ether oxygens (including phenoxy) is 1. The molecule has 1 atom stereocenters. The van der Waals surface area contributed by atoms with Crippen molar-refractivity contribution in [3.05, 3.63) is 46.7 Å². The van der Waals surface area contributed by atoms with Crippen LogP contribution in [0.15, 0.2) is 30.5 Å². The van der Waals surface area contributed by atoms with Gasteiger partial charge in [-0.15, -0.1) is 0 Å². The second-order valence-electron chi connectivity index (χ2n) is 5.18. The van der Waals surface area contributed by atoms with Crippen LogP contribution in [0.3, 0.4) is 0 Å². The number of rotatable bonds is 6. The molecule has 0 amide bonds. The molecule has 0 saturated heterocycles. The van der Waals surface area contributed by atoms with Crippen LogP contribution < -0.4 is 10.1 Å². The average molecular weight is 308 g/mol. The molecule has 2 rings (SSSR count). The van der Waals surface area contributed by atoms with Crippen molar-refractivity contribution in [2.45, 2.75) is 32.9 Å². The highest BCUT2D eigenvalue weighted by Crippen LogP contribution is 2.31. The largest absolute Gasteiger partial charge is 0.497 e. The van der Waals surface area contributed by atoms with Crippen LogP contribution in [-0.2, 0) is 0 Å². The van der Waals surface area contributed by atoms with Gasteiger partial charge in [-0.1, -0.05) is 30.7 Å². The van der Waals surface area contributed by atoms with Crippen LogP contribution in [0, 0.1) is 0 Å². The quantitative estimate of drug-likeness (QED) is 0.881. The smallest absolute Gasteiger partial charge is 0.118 e. The van der Waals surface area contributed by atoms with E-state index in [1.54, 1.807) is 13.3 Å². The average Bonchev–Trinajstić information content (AvgIpc) is 2.87. The zero-order chi connectivity index (χ0) is 15.4. The molecule has 1 unspecified atom stereocenters. The van der Waals surface area contributed by atoms with Gasteiger partial charge in [-0.2, -0.15) is 5.10 Å². The molecule has 1 N–H and O–H groups in total. The van der Waals surface area contributed by atoms with Crippen molar-refractivity contribution in [3.8, 4) is 5.75 Å². The van der Waals surface area contributed by atoms with Crippen LogP contribution in [0.5, 0.6) is 5.75 Å². The van der Waals surface area contributed by atoms with Crippen molar-refractivity contribution in [2.24, 2.45) is 0 Å². The van der Waals surface area contributed by atoms with E-state index in [1.807, 2.05) is 16.8 Å². The number of methoxy groups -OCH3 is 1. The summed E-state index contributed by atoms with van der Waals surface area (Å²) in [6.45, 7) is 7.13. The maximum Gasteiger partial charge on any atom is 0.118 e. The Labute approximate surface area is 131 Å². The zero-order valence-corrected chi connectivity index (χ0v) is 13.7. The minimum absolute atomic E-state index is 0.0123. The fraction of sp³-hybridized carbons (Fsp3) is 0.438. The molecule has 0 aliphatic heterocycles. The van der Waals surface area contributed by atoms with Gasteiger partial charge in [-0.05, 0) is 38.1 Å². The molecule has 2 aromatic rings. The summed E-state index contributed by atoms with van der Waals surface area (Å²) in [5.74, 6) is 0.845. The first kappa shape index (κ1) is 15.9. The Kier molecular flexibility index (Phi) is 5.26. The van der Waals surface area contributed by atoms with Gasteiger partial charge in [-0.3, -0.25) is 4.68 Å². The van der Waals surface area contributed by atoms with Crippen LogP contribution in [0.1, 0.15) is 44.1 Å². The van der Waals surface area contributed by atoms with Crippen molar-refractivity contribution in [1.29, 1.82) is 0 Å². The Hall–Kier alpha value is -1.52. The van der Waals surface area contributed by atoms with Crippen LogP contribution in [0.2, 0.25) is 5.02 Å². The van der Waals surface area contributed by atoms with E-state index >= 15 is 0 Å². The van der Waals surface area contributed by atoms with Gasteiger partial charge in [0.05, 0.1) is 30.1 Å². The highest BCUT2D eigenvalue weighted by atomic mass is 35.5. The lowest BCUT2D eigenvalue weighted by Gasteiger charge is -2.22. The standard InChI is InChI=1S/C16H22ClN3O/c1-5-18-15(12-6-8-13(21-4)9-7-12)16-14(17)10-19-20(16)11(2)3/h6-11,15,18H,5H2,1-4H3. The molecule has 114 valence electrons. The normalized spacial score (nSPS) is 12.7. The number of hydrogen-bond acceptors (Lipinski definition) is 3. The van der Waals surface area contributed by atoms with Crippen LogP contribution in [0.25, 0.3) is 0 Å². The van der Waals surface area contributed by atoms with Crippen LogP contribution in [-0.4, -0.2) is 23.4 Å². The van der Waals surface area contributed by atoms with Crippen molar-refractivity contribution in [3.63, 3.8) is 0 Å². The maximum atomic E-state index is 6.38. The highest BCUT2D eigenvalue weighted by Gasteiger charge is 2.22. The molecule has 1 aromatic heterocycles. The minimum atomic E-state index is 0.0123. The van der Waals surface area contributed by atoms with E-state index in [4.69, 9.17) is 16.3 Å². The Morgan fingerprint density at radius 3 is 2.48 bits per heavy atom. The fourth-order valence-electron chi connectivity index (χ4n) is 2.41. The Balaban J connectivity index is 2.45. The van der Waals surface area contributed by atoms with E-state index < -0.39 is 0 Å². The van der Waals surface area contributed by atoms with Gasteiger partial charge in [0.1, 0.15) is 5.75 Å². The highest BCUT2D eigenvalue weighted by molar-refractivity contribution is 6.31. The summed E-state index contributed by atoms with van der Waals surface area (Å²) in [6.07, 6.45) is 1.71. The van der Waals surface area contributed by atoms with E-state index in [0.717, 1.165) is 23.6 Å². The number of hydrogen-bond donors (Lipinski definition) is 1. The molecule has 0 spiro atoms. The predicted octanol–water partition coefficient (Wildman–Crippen LogP) is 3.82. The molecule has 0 aliphatic rings. The number of benzene rings is 1. The van der Waals surface area contributed by atoms with Gasteiger partial charge < -0.3 is 10.1 Å². The molecule has 0 saturated carbocycles. The van der Waals surface area contributed by atoms with Gasteiger partial charge in [-0.25, -0.2) is 0 Å². The monoisotopic (exact) mass is 307 g/mol. The van der Waals surface area contributed by atoms with E-state index in [-0.39, 0.29) is 12.1 Å². The van der Waals surface area contributed by atoms with Crippen LogP contribution in [0.4, 0.5) is 0 Å². The third kappa shape index (κ3) is 3.39.